The lowest BCUT2D eigenvalue weighted by Crippen LogP contribution is -2.32. The van der Waals surface area contributed by atoms with E-state index in [1.807, 2.05) is 0 Å². The Morgan fingerprint density at radius 1 is 1.50 bits per heavy atom. The second-order valence-corrected chi connectivity index (χ2v) is 6.41. The molecule has 0 aromatic heterocycles. The van der Waals surface area contributed by atoms with Crippen LogP contribution in [0.15, 0.2) is 23.1 Å². The van der Waals surface area contributed by atoms with Gasteiger partial charge in [0.15, 0.2) is 0 Å². The van der Waals surface area contributed by atoms with E-state index in [1.54, 1.807) is 0 Å². The number of nitrogens with zero attached hydrogens (tertiary/aromatic N) is 2. The minimum Gasteiger partial charge on any atom is -0.495 e. The Bertz CT molecular complexity index is 631. The van der Waals surface area contributed by atoms with Gasteiger partial charge in [-0.15, -0.1) is 0 Å². The first-order chi connectivity index (χ1) is 9.36. The number of sulfonamides is 1. The summed E-state index contributed by atoms with van der Waals surface area (Å²) in [6, 6.07) is 3.25. The third-order valence-electron chi connectivity index (χ3n) is 3.16. The van der Waals surface area contributed by atoms with Crippen molar-refractivity contribution in [3.8, 4) is 5.75 Å². The van der Waals surface area contributed by atoms with E-state index in [9.17, 15) is 18.5 Å². The summed E-state index contributed by atoms with van der Waals surface area (Å²) >= 11 is 0. The van der Waals surface area contributed by atoms with Crippen LogP contribution < -0.4 is 10.5 Å². The fourth-order valence-corrected chi connectivity index (χ4v) is 3.74. The normalized spacial score (nSPS) is 20.0. The molecule has 1 aromatic rings. The summed E-state index contributed by atoms with van der Waals surface area (Å²) in [4.78, 5) is 10.0. The van der Waals surface area contributed by atoms with Crippen molar-refractivity contribution in [2.24, 2.45) is 5.73 Å². The standard InChI is InChI=1S/C11H15N3O5S/c1-19-10-6-9(14(15)16)2-3-11(10)20(17,18)13-5-4-8(12)7-13/h2-3,6,8H,4-5,7,12H2,1H3/t8-/m1/s1. The summed E-state index contributed by atoms with van der Waals surface area (Å²) < 4.78 is 31.2. The molecule has 0 unspecified atom stereocenters. The average Bonchev–Trinajstić information content (AvgIpc) is 2.85. The van der Waals surface area contributed by atoms with E-state index in [4.69, 9.17) is 10.5 Å². The zero-order valence-corrected chi connectivity index (χ0v) is 11.7. The SMILES string of the molecule is COc1cc([N+](=O)[O-])ccc1S(=O)(=O)N1CC[C@@H](N)C1. The minimum atomic E-state index is -3.75. The maximum atomic E-state index is 12.5. The van der Waals surface area contributed by atoms with E-state index >= 15 is 0 Å². The van der Waals surface area contributed by atoms with Crippen LogP contribution in [0.1, 0.15) is 6.42 Å². The third-order valence-corrected chi connectivity index (χ3v) is 5.07. The number of non-ortho nitro benzene ring substituents is 1. The molecule has 1 aromatic carbocycles. The zero-order valence-electron chi connectivity index (χ0n) is 10.9. The lowest BCUT2D eigenvalue weighted by atomic mass is 10.3. The van der Waals surface area contributed by atoms with Crippen LogP contribution in [0.25, 0.3) is 0 Å². The minimum absolute atomic E-state index is 0.0420. The van der Waals surface area contributed by atoms with E-state index in [-0.39, 0.29) is 28.9 Å². The number of benzene rings is 1. The van der Waals surface area contributed by atoms with Crippen molar-refractivity contribution in [1.82, 2.24) is 4.31 Å². The van der Waals surface area contributed by atoms with E-state index in [2.05, 4.69) is 0 Å². The quantitative estimate of drug-likeness (QED) is 0.632. The molecule has 1 atom stereocenters. The molecular weight excluding hydrogens is 286 g/mol. The Morgan fingerprint density at radius 2 is 2.20 bits per heavy atom. The lowest BCUT2D eigenvalue weighted by Gasteiger charge is -2.17. The fourth-order valence-electron chi connectivity index (χ4n) is 2.09. The monoisotopic (exact) mass is 301 g/mol. The van der Waals surface area contributed by atoms with Crippen LogP contribution in [0.3, 0.4) is 0 Å². The highest BCUT2D eigenvalue weighted by atomic mass is 32.2. The second kappa shape index (κ2) is 5.35. The number of hydrogen-bond donors (Lipinski definition) is 1. The van der Waals surface area contributed by atoms with Crippen molar-refractivity contribution >= 4 is 15.7 Å². The van der Waals surface area contributed by atoms with Crippen LogP contribution in [0.5, 0.6) is 5.75 Å². The zero-order chi connectivity index (χ0) is 14.9. The molecule has 0 spiro atoms. The Morgan fingerprint density at radius 3 is 2.70 bits per heavy atom. The first kappa shape index (κ1) is 14.7. The molecule has 110 valence electrons. The summed E-state index contributed by atoms with van der Waals surface area (Å²) in [6.07, 6.45) is 0.592. The maximum absolute atomic E-state index is 12.5. The highest BCUT2D eigenvalue weighted by Gasteiger charge is 2.33. The molecule has 1 aliphatic rings. The molecular formula is C11H15N3O5S. The van der Waals surface area contributed by atoms with Gasteiger partial charge in [0.1, 0.15) is 10.6 Å². The van der Waals surface area contributed by atoms with Gasteiger partial charge < -0.3 is 10.5 Å². The van der Waals surface area contributed by atoms with Gasteiger partial charge in [-0.3, -0.25) is 10.1 Å². The Kier molecular flexibility index (Phi) is 3.93. The average molecular weight is 301 g/mol. The molecule has 8 nitrogen and oxygen atoms in total. The van der Waals surface area contributed by atoms with Crippen molar-refractivity contribution in [1.29, 1.82) is 0 Å². The molecule has 2 N–H and O–H groups in total. The van der Waals surface area contributed by atoms with Gasteiger partial charge in [-0.25, -0.2) is 8.42 Å². The summed E-state index contributed by atoms with van der Waals surface area (Å²) in [5.74, 6) is -0.0420. The van der Waals surface area contributed by atoms with Crippen LogP contribution in [0.4, 0.5) is 5.69 Å². The number of nitro groups is 1. The number of ether oxygens (including phenoxy) is 1. The van der Waals surface area contributed by atoms with Crippen molar-refractivity contribution in [2.75, 3.05) is 20.2 Å². The van der Waals surface area contributed by atoms with E-state index in [0.29, 0.717) is 13.0 Å². The molecule has 0 bridgehead atoms. The van der Waals surface area contributed by atoms with Crippen LogP contribution in [-0.4, -0.2) is 43.9 Å². The van der Waals surface area contributed by atoms with Crippen LogP contribution in [0.2, 0.25) is 0 Å². The fraction of sp³-hybridized carbons (Fsp3) is 0.455. The summed E-state index contributed by atoms with van der Waals surface area (Å²) in [6.45, 7) is 0.576. The number of nitro benzene ring substituents is 1. The summed E-state index contributed by atoms with van der Waals surface area (Å²) in [5.41, 5.74) is 5.48. The number of hydrogen-bond acceptors (Lipinski definition) is 6. The number of rotatable bonds is 4. The Labute approximate surface area is 116 Å². The van der Waals surface area contributed by atoms with Gasteiger partial charge in [0.05, 0.1) is 18.1 Å². The van der Waals surface area contributed by atoms with E-state index in [0.717, 1.165) is 12.1 Å². The first-order valence-electron chi connectivity index (χ1n) is 5.94. The predicted octanol–water partition coefficient (Wildman–Crippen LogP) is 0.325. The number of methoxy groups -OCH3 is 1. The van der Waals surface area contributed by atoms with Crippen molar-refractivity contribution in [3.63, 3.8) is 0 Å². The number of nitrogens with two attached hydrogens (primary N) is 1. The Hall–Kier alpha value is -1.71. The van der Waals surface area contributed by atoms with Crippen molar-refractivity contribution in [2.45, 2.75) is 17.4 Å². The van der Waals surface area contributed by atoms with Crippen LogP contribution >= 0.6 is 0 Å². The van der Waals surface area contributed by atoms with Crippen molar-refractivity contribution in [3.05, 3.63) is 28.3 Å². The topological polar surface area (TPSA) is 116 Å². The molecule has 20 heavy (non-hydrogen) atoms. The molecule has 1 aliphatic heterocycles. The smallest absolute Gasteiger partial charge is 0.273 e. The van der Waals surface area contributed by atoms with Gasteiger partial charge in [0, 0.05) is 25.2 Å². The summed E-state index contributed by atoms with van der Waals surface area (Å²) in [5, 5.41) is 10.7. The molecule has 1 saturated heterocycles. The van der Waals surface area contributed by atoms with Gasteiger partial charge in [-0.2, -0.15) is 4.31 Å². The molecule has 1 fully saturated rings. The van der Waals surface area contributed by atoms with Gasteiger partial charge in [0.25, 0.3) is 5.69 Å². The lowest BCUT2D eigenvalue weighted by molar-refractivity contribution is -0.385. The molecule has 9 heteroatoms. The summed E-state index contributed by atoms with van der Waals surface area (Å²) in [7, 11) is -2.48. The Balaban J connectivity index is 2.44. The van der Waals surface area contributed by atoms with E-state index in [1.165, 1.54) is 17.5 Å². The highest BCUT2D eigenvalue weighted by molar-refractivity contribution is 7.89. The van der Waals surface area contributed by atoms with Gasteiger partial charge >= 0.3 is 0 Å². The van der Waals surface area contributed by atoms with Gasteiger partial charge in [-0.05, 0) is 12.5 Å². The second-order valence-electron chi connectivity index (χ2n) is 4.50. The van der Waals surface area contributed by atoms with Gasteiger partial charge in [0.2, 0.25) is 10.0 Å². The van der Waals surface area contributed by atoms with Gasteiger partial charge in [-0.1, -0.05) is 0 Å². The molecule has 0 saturated carbocycles. The molecule has 0 radical (unpaired) electrons. The molecule has 1 heterocycles. The third kappa shape index (κ3) is 2.60. The van der Waals surface area contributed by atoms with Crippen molar-refractivity contribution < 1.29 is 18.1 Å². The van der Waals surface area contributed by atoms with Crippen LogP contribution in [0, 0.1) is 10.1 Å². The van der Waals surface area contributed by atoms with E-state index < -0.39 is 14.9 Å². The highest BCUT2D eigenvalue weighted by Crippen LogP contribution is 2.31. The van der Waals surface area contributed by atoms with Crippen LogP contribution in [-0.2, 0) is 10.0 Å². The first-order valence-corrected chi connectivity index (χ1v) is 7.38. The molecule has 0 amide bonds. The molecule has 0 aliphatic carbocycles. The largest absolute Gasteiger partial charge is 0.495 e. The maximum Gasteiger partial charge on any atom is 0.273 e. The molecule has 2 rings (SSSR count). The predicted molar refractivity (Wildman–Crippen MR) is 71.0 cm³/mol.